The summed E-state index contributed by atoms with van der Waals surface area (Å²) in [6.45, 7) is 0.278. The summed E-state index contributed by atoms with van der Waals surface area (Å²) >= 11 is 0. The molecule has 3 rings (SSSR count). The molecule has 3 aromatic rings. The Labute approximate surface area is 114 Å². The average molecular weight is 268 g/mol. The second kappa shape index (κ2) is 5.05. The Morgan fingerprint density at radius 3 is 2.85 bits per heavy atom. The molecule has 5 heteroatoms. The molecule has 2 N–H and O–H groups in total. The van der Waals surface area contributed by atoms with E-state index in [9.17, 15) is 9.59 Å². The molecule has 20 heavy (non-hydrogen) atoms. The van der Waals surface area contributed by atoms with Crippen LogP contribution in [0.25, 0.3) is 10.8 Å². The number of nitrogens with one attached hydrogen (secondary N) is 2. The molecule has 0 spiro atoms. The van der Waals surface area contributed by atoms with E-state index in [0.29, 0.717) is 11.1 Å². The fourth-order valence-electron chi connectivity index (χ4n) is 2.01. The molecule has 2 heterocycles. The van der Waals surface area contributed by atoms with Crippen LogP contribution >= 0.6 is 0 Å². The number of carbonyl (C=O) groups excluding carboxylic acids is 1. The first kappa shape index (κ1) is 12.2. The van der Waals surface area contributed by atoms with Crippen molar-refractivity contribution in [3.05, 3.63) is 70.5 Å². The van der Waals surface area contributed by atoms with E-state index in [4.69, 9.17) is 4.42 Å². The van der Waals surface area contributed by atoms with E-state index in [1.165, 1.54) is 0 Å². The number of pyridine rings is 1. The van der Waals surface area contributed by atoms with E-state index >= 15 is 0 Å². The molecule has 0 fully saturated rings. The lowest BCUT2D eigenvalue weighted by molar-refractivity contribution is 0.0943. The van der Waals surface area contributed by atoms with E-state index in [2.05, 4.69) is 10.3 Å². The summed E-state index contributed by atoms with van der Waals surface area (Å²) in [5.74, 6) is 0.311. The quantitative estimate of drug-likeness (QED) is 0.763. The number of carbonyl (C=O) groups is 1. The lowest BCUT2D eigenvalue weighted by Crippen LogP contribution is -2.25. The predicted molar refractivity (Wildman–Crippen MR) is 74.4 cm³/mol. The fourth-order valence-corrected chi connectivity index (χ4v) is 2.01. The molecule has 1 amide bonds. The number of amides is 1. The first-order chi connectivity index (χ1) is 9.74. The first-order valence-electron chi connectivity index (χ1n) is 6.17. The van der Waals surface area contributed by atoms with Gasteiger partial charge in [0.05, 0.1) is 12.8 Å². The Balaban J connectivity index is 1.86. The fraction of sp³-hybridized carbons (Fsp3) is 0.0667. The molecule has 5 nitrogen and oxygen atoms in total. The number of furan rings is 1. The van der Waals surface area contributed by atoms with Crippen molar-refractivity contribution in [1.29, 1.82) is 0 Å². The predicted octanol–water partition coefficient (Wildman–Crippen LogP) is 2.05. The van der Waals surface area contributed by atoms with Gasteiger partial charge in [-0.15, -0.1) is 0 Å². The Morgan fingerprint density at radius 2 is 2.05 bits per heavy atom. The number of hydrogen-bond donors (Lipinski definition) is 2. The highest BCUT2D eigenvalue weighted by atomic mass is 16.3. The summed E-state index contributed by atoms with van der Waals surface area (Å²) in [6.07, 6.45) is 1.54. The molecule has 2 aromatic heterocycles. The number of rotatable bonds is 3. The van der Waals surface area contributed by atoms with Crippen molar-refractivity contribution in [3.8, 4) is 0 Å². The van der Waals surface area contributed by atoms with Gasteiger partial charge in [-0.3, -0.25) is 9.59 Å². The van der Waals surface area contributed by atoms with E-state index in [-0.39, 0.29) is 23.7 Å². The maximum Gasteiger partial charge on any atom is 0.268 e. The lowest BCUT2D eigenvalue weighted by Gasteiger charge is -2.04. The number of hydrogen-bond acceptors (Lipinski definition) is 3. The Kier molecular flexibility index (Phi) is 3.09. The van der Waals surface area contributed by atoms with Crippen molar-refractivity contribution in [2.75, 3.05) is 0 Å². The number of benzene rings is 1. The summed E-state index contributed by atoms with van der Waals surface area (Å²) in [4.78, 5) is 26.5. The van der Waals surface area contributed by atoms with Crippen LogP contribution in [0.1, 0.15) is 16.2 Å². The molecule has 0 aliphatic heterocycles. The van der Waals surface area contributed by atoms with Gasteiger partial charge in [-0.1, -0.05) is 18.2 Å². The van der Waals surface area contributed by atoms with Crippen LogP contribution in [0.4, 0.5) is 0 Å². The van der Waals surface area contributed by atoms with Crippen LogP contribution in [0.3, 0.4) is 0 Å². The third-order valence-corrected chi connectivity index (χ3v) is 3.00. The zero-order valence-electron chi connectivity index (χ0n) is 10.6. The maximum atomic E-state index is 12.0. The van der Waals surface area contributed by atoms with E-state index in [1.807, 2.05) is 6.07 Å². The SMILES string of the molecule is O=C(NCc1ccco1)c1cc2ccccc2c(=O)[nH]1. The second-order valence-corrected chi connectivity index (χ2v) is 4.36. The zero-order chi connectivity index (χ0) is 13.9. The molecular weight excluding hydrogens is 256 g/mol. The maximum absolute atomic E-state index is 12.0. The van der Waals surface area contributed by atoms with Gasteiger partial charge < -0.3 is 14.7 Å². The molecule has 0 aliphatic carbocycles. The molecule has 0 atom stereocenters. The molecule has 100 valence electrons. The minimum Gasteiger partial charge on any atom is -0.467 e. The number of fused-ring (bicyclic) bond motifs is 1. The molecule has 0 bridgehead atoms. The molecule has 0 aliphatic rings. The molecular formula is C15H12N2O3. The summed E-state index contributed by atoms with van der Waals surface area (Å²) in [6, 6.07) is 12.3. The van der Waals surface area contributed by atoms with Crippen molar-refractivity contribution < 1.29 is 9.21 Å². The minimum absolute atomic E-state index is 0.236. The summed E-state index contributed by atoms with van der Waals surface area (Å²) in [5, 5.41) is 3.99. The van der Waals surface area contributed by atoms with Crippen LogP contribution in [0.15, 0.2) is 57.9 Å². The van der Waals surface area contributed by atoms with Gasteiger partial charge in [0.25, 0.3) is 11.5 Å². The van der Waals surface area contributed by atoms with E-state index < -0.39 is 0 Å². The van der Waals surface area contributed by atoms with Gasteiger partial charge in [-0.25, -0.2) is 0 Å². The third-order valence-electron chi connectivity index (χ3n) is 3.00. The van der Waals surface area contributed by atoms with Crippen LogP contribution < -0.4 is 10.9 Å². The van der Waals surface area contributed by atoms with Crippen molar-refractivity contribution >= 4 is 16.7 Å². The van der Waals surface area contributed by atoms with Crippen molar-refractivity contribution in [2.45, 2.75) is 6.54 Å². The number of aromatic nitrogens is 1. The lowest BCUT2D eigenvalue weighted by atomic mass is 10.1. The molecule has 0 saturated carbocycles. The van der Waals surface area contributed by atoms with Crippen molar-refractivity contribution in [1.82, 2.24) is 10.3 Å². The third kappa shape index (κ3) is 2.33. The van der Waals surface area contributed by atoms with Gasteiger partial charge in [-0.05, 0) is 29.7 Å². The van der Waals surface area contributed by atoms with Gasteiger partial charge in [0.2, 0.25) is 0 Å². The monoisotopic (exact) mass is 268 g/mol. The van der Waals surface area contributed by atoms with Gasteiger partial charge in [0.1, 0.15) is 11.5 Å². The molecule has 0 saturated heterocycles. The van der Waals surface area contributed by atoms with Crippen LogP contribution in [0.5, 0.6) is 0 Å². The first-order valence-corrected chi connectivity index (χ1v) is 6.17. The topological polar surface area (TPSA) is 75.1 Å². The highest BCUT2D eigenvalue weighted by molar-refractivity contribution is 5.96. The van der Waals surface area contributed by atoms with E-state index in [0.717, 1.165) is 5.39 Å². The van der Waals surface area contributed by atoms with E-state index in [1.54, 1.807) is 42.7 Å². The Morgan fingerprint density at radius 1 is 1.20 bits per heavy atom. The second-order valence-electron chi connectivity index (χ2n) is 4.36. The van der Waals surface area contributed by atoms with Gasteiger partial charge in [0.15, 0.2) is 0 Å². The van der Waals surface area contributed by atoms with Gasteiger partial charge in [-0.2, -0.15) is 0 Å². The molecule has 0 radical (unpaired) electrons. The minimum atomic E-state index is -0.343. The summed E-state index contributed by atoms with van der Waals surface area (Å²) < 4.78 is 5.13. The Bertz CT molecular complexity index is 803. The van der Waals surface area contributed by atoms with Crippen LogP contribution in [0.2, 0.25) is 0 Å². The van der Waals surface area contributed by atoms with Gasteiger partial charge in [0, 0.05) is 5.39 Å². The smallest absolute Gasteiger partial charge is 0.268 e. The summed E-state index contributed by atoms with van der Waals surface area (Å²) in [5.41, 5.74) is -0.0356. The largest absolute Gasteiger partial charge is 0.467 e. The van der Waals surface area contributed by atoms with Crippen molar-refractivity contribution in [2.24, 2.45) is 0 Å². The normalized spacial score (nSPS) is 10.6. The highest BCUT2D eigenvalue weighted by Gasteiger charge is 2.09. The van der Waals surface area contributed by atoms with Crippen LogP contribution in [-0.2, 0) is 6.54 Å². The zero-order valence-corrected chi connectivity index (χ0v) is 10.6. The van der Waals surface area contributed by atoms with Crippen LogP contribution in [0, 0.1) is 0 Å². The van der Waals surface area contributed by atoms with Gasteiger partial charge >= 0.3 is 0 Å². The molecule has 1 aromatic carbocycles. The molecule has 0 unspecified atom stereocenters. The van der Waals surface area contributed by atoms with Crippen molar-refractivity contribution in [3.63, 3.8) is 0 Å². The van der Waals surface area contributed by atoms with Crippen LogP contribution in [-0.4, -0.2) is 10.9 Å². The standard InChI is InChI=1S/C15H12N2O3/c18-14-12-6-2-1-4-10(12)8-13(17-14)15(19)16-9-11-5-3-7-20-11/h1-8H,9H2,(H,16,19)(H,17,18). The highest BCUT2D eigenvalue weighted by Crippen LogP contribution is 2.10. The number of aromatic amines is 1. The number of H-pyrrole nitrogens is 1. The summed E-state index contributed by atoms with van der Waals surface area (Å²) in [7, 11) is 0. The average Bonchev–Trinajstić information content (AvgIpc) is 2.98. The Hall–Kier alpha value is -2.82.